The molecule has 0 unspecified atom stereocenters. The van der Waals surface area contributed by atoms with E-state index < -0.39 is 0 Å². The van der Waals surface area contributed by atoms with E-state index in [1.807, 2.05) is 0 Å². The Bertz CT molecular complexity index is 3250. The van der Waals surface area contributed by atoms with Crippen LogP contribution in [0.25, 0.3) is 71.3 Å². The van der Waals surface area contributed by atoms with Gasteiger partial charge >= 0.3 is 0 Å². The largest absolute Gasteiger partial charge is 0.311 e. The molecule has 0 aliphatic carbocycles. The van der Waals surface area contributed by atoms with Gasteiger partial charge in [-0.05, 0) is 141 Å². The van der Waals surface area contributed by atoms with Crippen LogP contribution >= 0.6 is 0 Å². The Hall–Kier alpha value is -8.40. The number of hydrogen-bond acceptors (Lipinski definition) is 2. The summed E-state index contributed by atoms with van der Waals surface area (Å²) in [6, 6.07) is 90.0. The van der Waals surface area contributed by atoms with Crippen molar-refractivity contribution in [3.8, 4) is 27.9 Å². The third-order valence-electron chi connectivity index (χ3n) is 12.5. The molecule has 0 radical (unpaired) electrons. The molecular weight excluding hydrogens is 763 g/mol. The lowest BCUT2D eigenvalue weighted by molar-refractivity contribution is 1.19. The molecule has 12 aromatic rings. The molecule has 0 saturated heterocycles. The summed E-state index contributed by atoms with van der Waals surface area (Å²) in [6.07, 6.45) is 0. The van der Waals surface area contributed by atoms with Gasteiger partial charge in [0.25, 0.3) is 0 Å². The van der Waals surface area contributed by atoms with Crippen molar-refractivity contribution in [2.75, 3.05) is 9.80 Å². The molecule has 296 valence electrons. The summed E-state index contributed by atoms with van der Waals surface area (Å²) in [6.45, 7) is 0. The van der Waals surface area contributed by atoms with Gasteiger partial charge < -0.3 is 14.4 Å². The van der Waals surface area contributed by atoms with E-state index in [-0.39, 0.29) is 0 Å². The third kappa shape index (κ3) is 6.29. The minimum atomic E-state index is 1.11. The van der Waals surface area contributed by atoms with Crippen molar-refractivity contribution in [1.82, 2.24) is 4.57 Å². The molecule has 63 heavy (non-hydrogen) atoms. The second-order valence-electron chi connectivity index (χ2n) is 16.1. The standard InChI is InChI=1S/C60H41N3/c1-5-17-46(18-6-1)61(47-19-7-2-8-20-47)50-30-26-43(27-31-50)53-37-39-57-59-55(53)35-36-56-54(38-40-58(60(56)59)63(57)52-34-25-42-15-13-14-16-45(42)41-52)44-28-32-51(33-29-44)62(48-21-9-3-10-22-48)49-23-11-4-12-24-49/h1-41H. The summed E-state index contributed by atoms with van der Waals surface area (Å²) in [5.74, 6) is 0. The summed E-state index contributed by atoms with van der Waals surface area (Å²) in [5, 5.41) is 7.52. The van der Waals surface area contributed by atoms with Crippen molar-refractivity contribution in [3.05, 3.63) is 249 Å². The summed E-state index contributed by atoms with van der Waals surface area (Å²) >= 11 is 0. The van der Waals surface area contributed by atoms with E-state index in [0.29, 0.717) is 0 Å². The van der Waals surface area contributed by atoms with E-state index >= 15 is 0 Å². The lowest BCUT2D eigenvalue weighted by Crippen LogP contribution is -2.09. The number of nitrogens with zero attached hydrogens (tertiary/aromatic N) is 3. The molecule has 1 heterocycles. The maximum absolute atomic E-state index is 2.46. The predicted octanol–water partition coefficient (Wildman–Crippen LogP) is 16.8. The molecule has 0 bridgehead atoms. The van der Waals surface area contributed by atoms with Gasteiger partial charge in [0.05, 0.1) is 11.0 Å². The molecule has 0 fully saturated rings. The topological polar surface area (TPSA) is 11.4 Å². The molecule has 0 spiro atoms. The molecule has 0 atom stereocenters. The predicted molar refractivity (Wildman–Crippen MR) is 267 cm³/mol. The Morgan fingerprint density at radius 1 is 0.270 bits per heavy atom. The molecular formula is C60H41N3. The highest BCUT2D eigenvalue weighted by Gasteiger charge is 2.22. The first kappa shape index (κ1) is 36.5. The lowest BCUT2D eigenvalue weighted by atomic mass is 9.91. The van der Waals surface area contributed by atoms with Crippen LogP contribution in [0.5, 0.6) is 0 Å². The van der Waals surface area contributed by atoms with Crippen molar-refractivity contribution in [1.29, 1.82) is 0 Å². The quantitative estimate of drug-likeness (QED) is 0.135. The van der Waals surface area contributed by atoms with Crippen LogP contribution in [0.15, 0.2) is 249 Å². The summed E-state index contributed by atoms with van der Waals surface area (Å²) in [5.41, 5.74) is 15.1. The molecule has 12 rings (SSSR count). The van der Waals surface area contributed by atoms with E-state index in [1.165, 1.54) is 65.6 Å². The van der Waals surface area contributed by atoms with Gasteiger partial charge in [0.1, 0.15) is 0 Å². The minimum Gasteiger partial charge on any atom is -0.311 e. The summed E-state index contributed by atoms with van der Waals surface area (Å²) < 4.78 is 2.46. The van der Waals surface area contributed by atoms with Gasteiger partial charge in [-0.2, -0.15) is 0 Å². The van der Waals surface area contributed by atoms with Gasteiger partial charge in [-0.15, -0.1) is 0 Å². The average molecular weight is 804 g/mol. The van der Waals surface area contributed by atoms with Crippen LogP contribution in [0.2, 0.25) is 0 Å². The second-order valence-corrected chi connectivity index (χ2v) is 16.1. The fourth-order valence-electron chi connectivity index (χ4n) is 9.64. The Labute approximate surface area is 366 Å². The zero-order chi connectivity index (χ0) is 41.7. The number of anilines is 6. The number of hydrogen-bond donors (Lipinski definition) is 0. The van der Waals surface area contributed by atoms with Crippen LogP contribution in [0.4, 0.5) is 34.1 Å². The van der Waals surface area contributed by atoms with Crippen molar-refractivity contribution >= 4 is 77.5 Å². The average Bonchev–Trinajstić information content (AvgIpc) is 3.70. The summed E-state index contributed by atoms with van der Waals surface area (Å²) in [7, 11) is 0. The fourth-order valence-corrected chi connectivity index (χ4v) is 9.64. The minimum absolute atomic E-state index is 1.11. The van der Waals surface area contributed by atoms with E-state index in [0.717, 1.165) is 39.8 Å². The fraction of sp³-hybridized carbons (Fsp3) is 0. The molecule has 3 nitrogen and oxygen atoms in total. The maximum Gasteiger partial charge on any atom is 0.0547 e. The van der Waals surface area contributed by atoms with Gasteiger partial charge in [0, 0.05) is 50.6 Å². The maximum atomic E-state index is 2.46. The molecule has 0 amide bonds. The van der Waals surface area contributed by atoms with Crippen molar-refractivity contribution in [2.45, 2.75) is 0 Å². The molecule has 0 saturated carbocycles. The molecule has 1 aromatic heterocycles. The SMILES string of the molecule is c1ccc(N(c2ccccc2)c2ccc(-c3ccc4c5c3ccc3c(-c6ccc(N(c7ccccc7)c7ccccc7)cc6)ccc(c35)n4-c3ccc4ccccc4c3)cc2)cc1. The van der Waals surface area contributed by atoms with Gasteiger partial charge in [0.2, 0.25) is 0 Å². The zero-order valence-electron chi connectivity index (χ0n) is 34.5. The van der Waals surface area contributed by atoms with Crippen molar-refractivity contribution in [2.24, 2.45) is 0 Å². The zero-order valence-corrected chi connectivity index (χ0v) is 34.5. The molecule has 0 aliphatic rings. The van der Waals surface area contributed by atoms with Gasteiger partial charge in [-0.1, -0.05) is 152 Å². The highest BCUT2D eigenvalue weighted by atomic mass is 15.1. The first-order chi connectivity index (χ1) is 31.3. The monoisotopic (exact) mass is 803 g/mol. The highest BCUT2D eigenvalue weighted by molar-refractivity contribution is 6.28. The van der Waals surface area contributed by atoms with Crippen LogP contribution in [0.3, 0.4) is 0 Å². The van der Waals surface area contributed by atoms with Crippen LogP contribution in [0.1, 0.15) is 0 Å². The number of para-hydroxylation sites is 4. The number of rotatable bonds is 9. The Morgan fingerprint density at radius 2 is 0.635 bits per heavy atom. The smallest absolute Gasteiger partial charge is 0.0547 e. The van der Waals surface area contributed by atoms with Gasteiger partial charge in [-0.25, -0.2) is 0 Å². The van der Waals surface area contributed by atoms with Crippen LogP contribution in [-0.2, 0) is 0 Å². The van der Waals surface area contributed by atoms with E-state index in [4.69, 9.17) is 0 Å². The molecule has 3 heteroatoms. The number of benzene rings is 11. The van der Waals surface area contributed by atoms with E-state index in [2.05, 4.69) is 263 Å². The van der Waals surface area contributed by atoms with Gasteiger partial charge in [0.15, 0.2) is 0 Å². The number of aromatic nitrogens is 1. The lowest BCUT2D eigenvalue weighted by Gasteiger charge is -2.25. The second kappa shape index (κ2) is 15.3. The highest BCUT2D eigenvalue weighted by Crippen LogP contribution is 2.46. The van der Waals surface area contributed by atoms with Crippen LogP contribution in [-0.4, -0.2) is 4.57 Å². The molecule has 0 N–H and O–H groups in total. The first-order valence-electron chi connectivity index (χ1n) is 21.6. The number of fused-ring (bicyclic) bond motifs is 1. The Morgan fingerprint density at radius 3 is 1.05 bits per heavy atom. The third-order valence-corrected chi connectivity index (χ3v) is 12.5. The van der Waals surface area contributed by atoms with Crippen molar-refractivity contribution in [3.63, 3.8) is 0 Å². The van der Waals surface area contributed by atoms with E-state index in [1.54, 1.807) is 0 Å². The Kier molecular flexibility index (Phi) is 8.83. The molecule has 0 aliphatic heterocycles. The van der Waals surface area contributed by atoms with E-state index in [9.17, 15) is 0 Å². The Balaban J connectivity index is 1.01. The normalized spacial score (nSPS) is 11.5. The van der Waals surface area contributed by atoms with Crippen LogP contribution < -0.4 is 9.80 Å². The summed E-state index contributed by atoms with van der Waals surface area (Å²) in [4.78, 5) is 4.63. The van der Waals surface area contributed by atoms with Gasteiger partial charge in [-0.3, -0.25) is 0 Å². The van der Waals surface area contributed by atoms with Crippen molar-refractivity contribution < 1.29 is 0 Å². The first-order valence-corrected chi connectivity index (χ1v) is 21.6. The van der Waals surface area contributed by atoms with Crippen LogP contribution in [0, 0.1) is 0 Å². The molecule has 11 aromatic carbocycles.